The van der Waals surface area contributed by atoms with Crippen molar-refractivity contribution in [3.63, 3.8) is 0 Å². The summed E-state index contributed by atoms with van der Waals surface area (Å²) in [5.41, 5.74) is -1.94. The number of alkyl halides is 6. The van der Waals surface area contributed by atoms with Gasteiger partial charge in [0.1, 0.15) is 5.82 Å². The normalized spacial score (nSPS) is 12.6. The Labute approximate surface area is 194 Å². The fourth-order valence-corrected chi connectivity index (χ4v) is 5.10. The van der Waals surface area contributed by atoms with Crippen molar-refractivity contribution in [3.05, 3.63) is 77.9 Å². The second kappa shape index (κ2) is 9.37. The average molecular weight is 498 g/mol. The number of nitrogens with one attached hydrogen (secondary N) is 1. The number of nitrogens with zero attached hydrogens (tertiary/aromatic N) is 1. The zero-order chi connectivity index (χ0) is 25.3. The first-order chi connectivity index (χ1) is 15.7. The molecule has 3 rings (SSSR count). The van der Waals surface area contributed by atoms with E-state index in [-0.39, 0.29) is 11.7 Å². The number of halogens is 6. The van der Waals surface area contributed by atoms with E-state index >= 15 is 0 Å². The summed E-state index contributed by atoms with van der Waals surface area (Å²) in [5.74, 6) is -0.0470. The molecule has 1 N–H and O–H groups in total. The van der Waals surface area contributed by atoms with Gasteiger partial charge < -0.3 is 5.32 Å². The molecule has 2 aromatic carbocycles. The van der Waals surface area contributed by atoms with Crippen LogP contribution in [0.1, 0.15) is 31.9 Å². The second-order valence-electron chi connectivity index (χ2n) is 8.51. The van der Waals surface area contributed by atoms with E-state index in [2.05, 4.69) is 10.3 Å². The summed E-state index contributed by atoms with van der Waals surface area (Å²) < 4.78 is 78.2. The van der Waals surface area contributed by atoms with Crippen LogP contribution in [0.15, 0.2) is 66.7 Å². The van der Waals surface area contributed by atoms with Crippen LogP contribution in [0.4, 0.5) is 32.2 Å². The Bertz CT molecular complexity index is 1090. The molecule has 1 heterocycles. The molecule has 0 spiro atoms. The van der Waals surface area contributed by atoms with E-state index in [0.29, 0.717) is 16.0 Å². The summed E-state index contributed by atoms with van der Waals surface area (Å²) >= 11 is 0. The maximum atomic E-state index is 13.0. The van der Waals surface area contributed by atoms with Crippen molar-refractivity contribution in [3.8, 4) is 0 Å². The van der Waals surface area contributed by atoms with Crippen molar-refractivity contribution in [1.82, 2.24) is 4.98 Å². The summed E-state index contributed by atoms with van der Waals surface area (Å²) in [6.07, 6.45) is -9.05. The van der Waals surface area contributed by atoms with Gasteiger partial charge >= 0.3 is 12.4 Å². The topological polar surface area (TPSA) is 42.0 Å². The summed E-state index contributed by atoms with van der Waals surface area (Å²) in [6, 6.07) is 13.8. The molecule has 1 amide bonds. The average Bonchev–Trinajstić information content (AvgIpc) is 2.73. The molecule has 0 saturated heterocycles. The first-order valence-electron chi connectivity index (χ1n) is 10.1. The zero-order valence-electron chi connectivity index (χ0n) is 18.4. The van der Waals surface area contributed by atoms with Crippen LogP contribution < -0.4 is 21.4 Å². The van der Waals surface area contributed by atoms with Crippen molar-refractivity contribution in [2.75, 3.05) is 5.32 Å². The molecular weight excluding hydrogens is 477 g/mol. The number of hydrogen-bond acceptors (Lipinski definition) is 2. The molecule has 0 aliphatic heterocycles. The number of carbonyl (C=O) groups is 1. The van der Waals surface area contributed by atoms with Crippen molar-refractivity contribution in [2.24, 2.45) is 5.41 Å². The van der Waals surface area contributed by atoms with E-state index in [1.165, 1.54) is 24.3 Å². The number of hydrogen-bond donors (Lipinski definition) is 1. The minimum absolute atomic E-state index is 0.240. The van der Waals surface area contributed by atoms with Gasteiger partial charge in [0.2, 0.25) is 5.91 Å². The van der Waals surface area contributed by atoms with Crippen molar-refractivity contribution < 1.29 is 31.1 Å². The van der Waals surface area contributed by atoms with Crippen LogP contribution in [0.25, 0.3) is 0 Å². The summed E-state index contributed by atoms with van der Waals surface area (Å²) in [5, 5.41) is 3.64. The Morgan fingerprint density at radius 1 is 0.735 bits per heavy atom. The number of anilines is 1. The molecule has 0 saturated carbocycles. The standard InChI is InChI=1S/C24H21F6N2OP/c1-22(2,3)21(33)32-19-5-4-6-20(31-19)34(17-11-7-15(8-12-17)23(25,26)27)18-13-9-16(10-14-18)24(28,29)30/h4-14H,1-3H3,(H,31,32,33). The quantitative estimate of drug-likeness (QED) is 0.362. The number of carbonyl (C=O) groups excluding carboxylic acids is 1. The van der Waals surface area contributed by atoms with Gasteiger partial charge in [0.15, 0.2) is 0 Å². The zero-order valence-corrected chi connectivity index (χ0v) is 19.3. The molecule has 3 aromatic rings. The number of pyridine rings is 1. The lowest BCUT2D eigenvalue weighted by Gasteiger charge is -2.21. The van der Waals surface area contributed by atoms with Crippen LogP contribution in [0.3, 0.4) is 0 Å². The van der Waals surface area contributed by atoms with Crippen LogP contribution >= 0.6 is 7.92 Å². The number of rotatable bonds is 4. The highest BCUT2D eigenvalue weighted by atomic mass is 31.1. The highest BCUT2D eigenvalue weighted by Crippen LogP contribution is 2.36. The largest absolute Gasteiger partial charge is 0.416 e. The first kappa shape index (κ1) is 25.7. The van der Waals surface area contributed by atoms with Gasteiger partial charge in [-0.15, -0.1) is 0 Å². The molecule has 180 valence electrons. The highest BCUT2D eigenvalue weighted by molar-refractivity contribution is 7.79. The number of benzene rings is 2. The smallest absolute Gasteiger partial charge is 0.310 e. The molecule has 0 unspecified atom stereocenters. The molecule has 0 fully saturated rings. The predicted octanol–water partition coefficient (Wildman–Crippen LogP) is 5.86. The molecule has 3 nitrogen and oxygen atoms in total. The number of amides is 1. The lowest BCUT2D eigenvalue weighted by molar-refractivity contribution is -0.138. The van der Waals surface area contributed by atoms with E-state index in [1.807, 2.05) is 0 Å². The molecule has 1 aromatic heterocycles. The third kappa shape index (κ3) is 6.14. The van der Waals surface area contributed by atoms with E-state index < -0.39 is 36.8 Å². The SMILES string of the molecule is CC(C)(C)C(=O)Nc1cccc(P(c2ccc(C(F)(F)F)cc2)c2ccc(C(F)(F)F)cc2)n1. The van der Waals surface area contributed by atoms with E-state index in [4.69, 9.17) is 0 Å². The van der Waals surface area contributed by atoms with Crippen molar-refractivity contribution in [1.29, 1.82) is 0 Å². The van der Waals surface area contributed by atoms with Gasteiger partial charge in [-0.3, -0.25) is 4.79 Å². The van der Waals surface area contributed by atoms with E-state index in [9.17, 15) is 31.1 Å². The van der Waals surface area contributed by atoms with Crippen LogP contribution in [-0.2, 0) is 17.1 Å². The van der Waals surface area contributed by atoms with Gasteiger partial charge in [0, 0.05) is 13.3 Å². The van der Waals surface area contributed by atoms with E-state index in [1.54, 1.807) is 39.0 Å². The summed E-state index contributed by atoms with van der Waals surface area (Å²) in [4.78, 5) is 16.8. The lowest BCUT2D eigenvalue weighted by Crippen LogP contribution is -2.29. The van der Waals surface area contributed by atoms with Crippen LogP contribution in [0.2, 0.25) is 0 Å². The Hall–Kier alpha value is -2.93. The summed E-state index contributed by atoms with van der Waals surface area (Å²) in [6.45, 7) is 5.18. The lowest BCUT2D eigenvalue weighted by atomic mass is 9.96. The third-order valence-electron chi connectivity index (χ3n) is 4.79. The minimum atomic E-state index is -4.52. The van der Waals surface area contributed by atoms with Crippen LogP contribution in [0, 0.1) is 5.41 Å². The van der Waals surface area contributed by atoms with Gasteiger partial charge in [0.25, 0.3) is 0 Å². The molecule has 0 radical (unpaired) electrons. The van der Waals surface area contributed by atoms with Gasteiger partial charge in [-0.2, -0.15) is 26.3 Å². The van der Waals surface area contributed by atoms with Gasteiger partial charge in [-0.25, -0.2) is 4.98 Å². The highest BCUT2D eigenvalue weighted by Gasteiger charge is 2.32. The number of aromatic nitrogens is 1. The monoisotopic (exact) mass is 498 g/mol. The van der Waals surface area contributed by atoms with Crippen molar-refractivity contribution in [2.45, 2.75) is 33.1 Å². The second-order valence-corrected chi connectivity index (χ2v) is 10.7. The van der Waals surface area contributed by atoms with Crippen molar-refractivity contribution >= 4 is 35.7 Å². The maximum Gasteiger partial charge on any atom is 0.416 e. The molecule has 0 atom stereocenters. The molecule has 34 heavy (non-hydrogen) atoms. The molecule has 0 aliphatic rings. The predicted molar refractivity (Wildman–Crippen MR) is 121 cm³/mol. The Morgan fingerprint density at radius 3 is 1.56 bits per heavy atom. The third-order valence-corrected chi connectivity index (χ3v) is 7.13. The molecular formula is C24H21F6N2OP. The van der Waals surface area contributed by atoms with E-state index in [0.717, 1.165) is 24.3 Å². The Morgan fingerprint density at radius 2 is 1.18 bits per heavy atom. The Balaban J connectivity index is 2.07. The minimum Gasteiger partial charge on any atom is -0.310 e. The fourth-order valence-electron chi connectivity index (χ4n) is 2.93. The Kier molecular flexibility index (Phi) is 7.08. The molecule has 10 heteroatoms. The van der Waals surface area contributed by atoms with Crippen LogP contribution in [-0.4, -0.2) is 10.9 Å². The molecule has 0 aliphatic carbocycles. The fraction of sp³-hybridized carbons (Fsp3) is 0.250. The van der Waals surface area contributed by atoms with Gasteiger partial charge in [-0.05, 0) is 47.0 Å². The molecule has 0 bridgehead atoms. The maximum absolute atomic E-state index is 13.0. The van der Waals surface area contributed by atoms with Gasteiger partial charge in [0.05, 0.1) is 16.6 Å². The van der Waals surface area contributed by atoms with Crippen LogP contribution in [0.5, 0.6) is 0 Å². The van der Waals surface area contributed by atoms with Gasteiger partial charge in [-0.1, -0.05) is 51.1 Å². The summed E-state index contributed by atoms with van der Waals surface area (Å²) in [7, 11) is -1.61. The first-order valence-corrected chi connectivity index (χ1v) is 11.4.